The van der Waals surface area contributed by atoms with Crippen LogP contribution in [0.3, 0.4) is 0 Å². The summed E-state index contributed by atoms with van der Waals surface area (Å²) in [5, 5.41) is 3.69. The van der Waals surface area contributed by atoms with Crippen LogP contribution in [-0.4, -0.2) is 19.3 Å². The van der Waals surface area contributed by atoms with Crippen LogP contribution in [-0.2, 0) is 4.74 Å². The van der Waals surface area contributed by atoms with E-state index in [-0.39, 0.29) is 0 Å². The zero-order valence-electron chi connectivity index (χ0n) is 11.5. The second-order valence-corrected chi connectivity index (χ2v) is 7.01. The third-order valence-corrected chi connectivity index (χ3v) is 4.82. The SMILES string of the molecule is CCCNC(c1cc(Br)ccc1Br)C1COC(C)C1. The van der Waals surface area contributed by atoms with Gasteiger partial charge in [0, 0.05) is 20.9 Å². The van der Waals surface area contributed by atoms with Gasteiger partial charge in [-0.2, -0.15) is 0 Å². The van der Waals surface area contributed by atoms with Gasteiger partial charge < -0.3 is 10.1 Å². The van der Waals surface area contributed by atoms with Gasteiger partial charge in [-0.1, -0.05) is 38.8 Å². The molecule has 0 radical (unpaired) electrons. The number of hydrogen-bond acceptors (Lipinski definition) is 2. The lowest BCUT2D eigenvalue weighted by Gasteiger charge is -2.25. The first-order chi connectivity index (χ1) is 9.11. The third kappa shape index (κ3) is 4.03. The fourth-order valence-corrected chi connectivity index (χ4v) is 3.54. The van der Waals surface area contributed by atoms with Crippen molar-refractivity contribution in [3.05, 3.63) is 32.7 Å². The first kappa shape index (κ1) is 15.5. The summed E-state index contributed by atoms with van der Waals surface area (Å²) in [4.78, 5) is 0. The summed E-state index contributed by atoms with van der Waals surface area (Å²) in [6.45, 7) is 6.25. The zero-order valence-corrected chi connectivity index (χ0v) is 14.6. The summed E-state index contributed by atoms with van der Waals surface area (Å²) in [6.07, 6.45) is 2.65. The molecule has 0 bridgehead atoms. The van der Waals surface area contributed by atoms with E-state index in [2.05, 4.69) is 69.2 Å². The number of nitrogens with one attached hydrogen (secondary N) is 1. The molecule has 1 aromatic rings. The molecular formula is C15H21Br2NO. The molecule has 1 aliphatic rings. The van der Waals surface area contributed by atoms with Crippen LogP contribution in [0.5, 0.6) is 0 Å². The van der Waals surface area contributed by atoms with Gasteiger partial charge in [0.05, 0.1) is 12.7 Å². The molecule has 1 aliphatic heterocycles. The molecule has 0 saturated carbocycles. The maximum atomic E-state index is 5.75. The van der Waals surface area contributed by atoms with Gasteiger partial charge in [-0.25, -0.2) is 0 Å². The van der Waals surface area contributed by atoms with Crippen LogP contribution in [0.25, 0.3) is 0 Å². The number of ether oxygens (including phenoxy) is 1. The second-order valence-electron chi connectivity index (χ2n) is 5.24. The van der Waals surface area contributed by atoms with Crippen LogP contribution in [0.15, 0.2) is 27.1 Å². The number of benzene rings is 1. The smallest absolute Gasteiger partial charge is 0.0551 e. The van der Waals surface area contributed by atoms with Gasteiger partial charge in [0.2, 0.25) is 0 Å². The molecule has 1 heterocycles. The molecule has 0 amide bonds. The molecule has 0 spiro atoms. The molecule has 3 unspecified atom stereocenters. The topological polar surface area (TPSA) is 21.3 Å². The highest BCUT2D eigenvalue weighted by atomic mass is 79.9. The van der Waals surface area contributed by atoms with Gasteiger partial charge in [0.15, 0.2) is 0 Å². The number of halogens is 2. The van der Waals surface area contributed by atoms with E-state index in [9.17, 15) is 0 Å². The predicted molar refractivity (Wildman–Crippen MR) is 86.4 cm³/mol. The van der Waals surface area contributed by atoms with E-state index in [0.29, 0.717) is 18.1 Å². The Kier molecular flexibility index (Phi) is 5.87. The highest BCUT2D eigenvalue weighted by Gasteiger charge is 2.31. The van der Waals surface area contributed by atoms with Crippen LogP contribution < -0.4 is 5.32 Å². The van der Waals surface area contributed by atoms with Crippen LogP contribution in [0, 0.1) is 5.92 Å². The lowest BCUT2D eigenvalue weighted by Crippen LogP contribution is -2.29. The van der Waals surface area contributed by atoms with Crippen molar-refractivity contribution in [1.29, 1.82) is 0 Å². The fourth-order valence-electron chi connectivity index (χ4n) is 2.67. The molecule has 106 valence electrons. The minimum atomic E-state index is 0.358. The molecule has 2 nitrogen and oxygen atoms in total. The molecule has 2 rings (SSSR count). The van der Waals surface area contributed by atoms with Crippen LogP contribution >= 0.6 is 31.9 Å². The van der Waals surface area contributed by atoms with Crippen molar-refractivity contribution in [2.75, 3.05) is 13.2 Å². The van der Waals surface area contributed by atoms with Gasteiger partial charge in [-0.15, -0.1) is 0 Å². The summed E-state index contributed by atoms with van der Waals surface area (Å²) in [7, 11) is 0. The average molecular weight is 391 g/mol. The second kappa shape index (κ2) is 7.21. The summed E-state index contributed by atoms with van der Waals surface area (Å²) in [6, 6.07) is 6.74. The normalized spacial score (nSPS) is 24.6. The maximum absolute atomic E-state index is 5.75. The minimum absolute atomic E-state index is 0.358. The monoisotopic (exact) mass is 389 g/mol. The summed E-state index contributed by atoms with van der Waals surface area (Å²) < 4.78 is 8.05. The lowest BCUT2D eigenvalue weighted by atomic mass is 9.91. The van der Waals surface area contributed by atoms with Gasteiger partial charge >= 0.3 is 0 Å². The Morgan fingerprint density at radius 3 is 2.84 bits per heavy atom. The third-order valence-electron chi connectivity index (χ3n) is 3.61. The summed E-state index contributed by atoms with van der Waals surface area (Å²) >= 11 is 7.26. The maximum Gasteiger partial charge on any atom is 0.0551 e. The molecule has 1 aromatic carbocycles. The van der Waals surface area contributed by atoms with Crippen LogP contribution in [0.1, 0.15) is 38.3 Å². The van der Waals surface area contributed by atoms with Crippen molar-refractivity contribution >= 4 is 31.9 Å². The highest BCUT2D eigenvalue weighted by molar-refractivity contribution is 9.11. The number of hydrogen-bond donors (Lipinski definition) is 1. The highest BCUT2D eigenvalue weighted by Crippen LogP contribution is 2.36. The zero-order chi connectivity index (χ0) is 13.8. The molecule has 19 heavy (non-hydrogen) atoms. The minimum Gasteiger partial charge on any atom is -0.378 e. The Hall–Kier alpha value is 0.1000. The predicted octanol–water partition coefficient (Wildman–Crippen LogP) is 4.68. The van der Waals surface area contributed by atoms with E-state index in [1.807, 2.05) is 0 Å². The van der Waals surface area contributed by atoms with Crippen LogP contribution in [0.2, 0.25) is 0 Å². The molecule has 1 saturated heterocycles. The van der Waals surface area contributed by atoms with Gasteiger partial charge in [-0.3, -0.25) is 0 Å². The summed E-state index contributed by atoms with van der Waals surface area (Å²) in [5.41, 5.74) is 1.32. The standard InChI is InChI=1S/C15H21Br2NO/c1-3-6-18-15(11-7-10(2)19-9-11)13-8-12(16)4-5-14(13)17/h4-5,8,10-11,15,18H,3,6-7,9H2,1-2H3. The molecule has 1 N–H and O–H groups in total. The van der Waals surface area contributed by atoms with Crippen molar-refractivity contribution in [2.24, 2.45) is 5.92 Å². The van der Waals surface area contributed by atoms with Crippen molar-refractivity contribution in [1.82, 2.24) is 5.32 Å². The molecule has 0 aliphatic carbocycles. The van der Waals surface area contributed by atoms with Gasteiger partial charge in [0.25, 0.3) is 0 Å². The lowest BCUT2D eigenvalue weighted by molar-refractivity contribution is 0.117. The van der Waals surface area contributed by atoms with E-state index < -0.39 is 0 Å². The molecule has 3 atom stereocenters. The first-order valence-electron chi connectivity index (χ1n) is 6.91. The Morgan fingerprint density at radius 2 is 2.21 bits per heavy atom. The Bertz CT molecular complexity index is 425. The van der Waals surface area contributed by atoms with Crippen molar-refractivity contribution in [2.45, 2.75) is 38.8 Å². The Morgan fingerprint density at radius 1 is 1.42 bits per heavy atom. The van der Waals surface area contributed by atoms with E-state index >= 15 is 0 Å². The van der Waals surface area contributed by atoms with Crippen molar-refractivity contribution in [3.63, 3.8) is 0 Å². The van der Waals surface area contributed by atoms with E-state index in [1.54, 1.807) is 0 Å². The quantitative estimate of drug-likeness (QED) is 0.788. The largest absolute Gasteiger partial charge is 0.378 e. The van der Waals surface area contributed by atoms with E-state index in [1.165, 1.54) is 10.0 Å². The average Bonchev–Trinajstić information content (AvgIpc) is 2.80. The molecule has 4 heteroatoms. The van der Waals surface area contributed by atoms with Crippen molar-refractivity contribution in [3.8, 4) is 0 Å². The molecular weight excluding hydrogens is 370 g/mol. The Labute approximate surface area is 132 Å². The molecule has 1 fully saturated rings. The van der Waals surface area contributed by atoms with Crippen molar-refractivity contribution < 1.29 is 4.74 Å². The molecule has 0 aromatic heterocycles. The van der Waals surface area contributed by atoms with Gasteiger partial charge in [-0.05, 0) is 50.1 Å². The summed E-state index contributed by atoms with van der Waals surface area (Å²) in [5.74, 6) is 0.548. The number of rotatable bonds is 5. The van der Waals surface area contributed by atoms with E-state index in [0.717, 1.165) is 30.5 Å². The Balaban J connectivity index is 2.23. The van der Waals surface area contributed by atoms with Gasteiger partial charge in [0.1, 0.15) is 0 Å². The fraction of sp³-hybridized carbons (Fsp3) is 0.600. The first-order valence-corrected chi connectivity index (χ1v) is 8.50. The van der Waals surface area contributed by atoms with E-state index in [4.69, 9.17) is 4.74 Å². The van der Waals surface area contributed by atoms with Crippen LogP contribution in [0.4, 0.5) is 0 Å².